The van der Waals surface area contributed by atoms with Crippen LogP contribution in [0, 0.1) is 34.5 Å². The van der Waals surface area contributed by atoms with E-state index in [1.54, 1.807) is 6.08 Å². The summed E-state index contributed by atoms with van der Waals surface area (Å²) in [5, 5.41) is 35.6. The van der Waals surface area contributed by atoms with Gasteiger partial charge in [-0.15, -0.1) is 0 Å². The highest BCUT2D eigenvalue weighted by Gasteiger charge is 2.68. The number of carbonyl (C=O) groups is 5. The minimum atomic E-state index is -1.76. The zero-order chi connectivity index (χ0) is 33.7. The Labute approximate surface area is 270 Å². The highest BCUT2D eigenvalue weighted by molar-refractivity contribution is 5.92. The van der Waals surface area contributed by atoms with Crippen LogP contribution in [-0.4, -0.2) is 81.3 Å². The zero-order valence-corrected chi connectivity index (χ0v) is 27.6. The molecule has 0 spiro atoms. The number of aliphatic hydroxyl groups excluding tert-OH is 1. The van der Waals surface area contributed by atoms with Gasteiger partial charge in [0.2, 0.25) is 11.7 Å². The van der Waals surface area contributed by atoms with Crippen LogP contribution in [0.5, 0.6) is 0 Å². The summed E-state index contributed by atoms with van der Waals surface area (Å²) in [6, 6.07) is -0.600. The zero-order valence-electron chi connectivity index (χ0n) is 27.6. The number of Topliss-reactive ketones (excluding diaryl/α,β-unsaturated/α-hetero) is 1. The van der Waals surface area contributed by atoms with Gasteiger partial charge in [-0.25, -0.2) is 0 Å². The summed E-state index contributed by atoms with van der Waals surface area (Å²) in [6.07, 6.45) is 5.27. The monoisotopic (exact) mass is 645 g/mol. The Balaban J connectivity index is 1.16. The maximum Gasteiger partial charge on any atom is 0.306 e. The topological polar surface area (TPSA) is 177 Å². The second-order valence-electron chi connectivity index (χ2n) is 15.7. The average molecular weight is 646 g/mol. The normalized spacial score (nSPS) is 38.8. The fourth-order valence-electron chi connectivity index (χ4n) is 10.1. The van der Waals surface area contributed by atoms with Gasteiger partial charge in [0.15, 0.2) is 12.4 Å². The molecule has 0 aromatic rings. The molecule has 0 radical (unpaired) electrons. The molecular formula is C35H51NO10. The number of ketones is 2. The van der Waals surface area contributed by atoms with E-state index < -0.39 is 59.0 Å². The molecule has 0 aromatic heterocycles. The molecule has 1 aliphatic heterocycles. The fourth-order valence-corrected chi connectivity index (χ4v) is 10.1. The van der Waals surface area contributed by atoms with Crippen LogP contribution >= 0.6 is 0 Å². The third-order valence-electron chi connectivity index (χ3n) is 12.5. The number of rotatable bonds is 10. The molecule has 4 fully saturated rings. The minimum Gasteiger partial charge on any atom is -0.481 e. The summed E-state index contributed by atoms with van der Waals surface area (Å²) < 4.78 is 11.0. The molecule has 9 atom stereocenters. The Bertz CT molecular complexity index is 1290. The van der Waals surface area contributed by atoms with E-state index in [2.05, 4.69) is 12.2 Å². The van der Waals surface area contributed by atoms with Gasteiger partial charge in [0.25, 0.3) is 0 Å². The summed E-state index contributed by atoms with van der Waals surface area (Å²) >= 11 is 0. The van der Waals surface area contributed by atoms with E-state index in [9.17, 15) is 39.3 Å². The van der Waals surface area contributed by atoms with E-state index in [0.717, 1.165) is 18.4 Å². The number of aliphatic hydroxyl groups is 2. The molecule has 5 unspecified atom stereocenters. The van der Waals surface area contributed by atoms with Gasteiger partial charge in [0, 0.05) is 30.9 Å². The molecule has 4 aliphatic carbocycles. The number of esters is 1. The van der Waals surface area contributed by atoms with Crippen molar-refractivity contribution in [2.24, 2.45) is 34.5 Å². The lowest BCUT2D eigenvalue weighted by Gasteiger charge is -2.60. The molecule has 5 rings (SSSR count). The molecule has 11 nitrogen and oxygen atoms in total. The van der Waals surface area contributed by atoms with Gasteiger partial charge in [-0.2, -0.15) is 0 Å². The second kappa shape index (κ2) is 12.8. The summed E-state index contributed by atoms with van der Waals surface area (Å²) in [6.45, 7) is 7.72. The Morgan fingerprint density at radius 2 is 1.78 bits per heavy atom. The number of nitrogens with one attached hydrogen (secondary N) is 1. The molecule has 3 saturated carbocycles. The molecule has 5 aliphatic rings. The number of carboxylic acids is 1. The van der Waals surface area contributed by atoms with Crippen LogP contribution in [0.4, 0.5) is 0 Å². The van der Waals surface area contributed by atoms with Crippen LogP contribution in [0.15, 0.2) is 11.6 Å². The Hall–Kier alpha value is -2.63. The van der Waals surface area contributed by atoms with Crippen LogP contribution in [-0.2, 0) is 33.4 Å². The summed E-state index contributed by atoms with van der Waals surface area (Å²) in [4.78, 5) is 62.5. The smallest absolute Gasteiger partial charge is 0.306 e. The molecule has 46 heavy (non-hydrogen) atoms. The number of amides is 1. The average Bonchev–Trinajstić information content (AvgIpc) is 3.24. The van der Waals surface area contributed by atoms with Crippen molar-refractivity contribution in [3.63, 3.8) is 0 Å². The summed E-state index contributed by atoms with van der Waals surface area (Å²) in [5.74, 6) is -2.75. The van der Waals surface area contributed by atoms with Crippen LogP contribution in [0.2, 0.25) is 0 Å². The Morgan fingerprint density at radius 3 is 2.48 bits per heavy atom. The van der Waals surface area contributed by atoms with Gasteiger partial charge < -0.3 is 30.1 Å². The van der Waals surface area contributed by atoms with Gasteiger partial charge in [-0.3, -0.25) is 24.0 Å². The first-order chi connectivity index (χ1) is 21.5. The van der Waals surface area contributed by atoms with Crippen molar-refractivity contribution in [1.82, 2.24) is 5.32 Å². The van der Waals surface area contributed by atoms with Crippen molar-refractivity contribution in [3.05, 3.63) is 11.6 Å². The quantitative estimate of drug-likeness (QED) is 0.258. The lowest BCUT2D eigenvalue weighted by Crippen LogP contribution is -2.62. The molecule has 1 heterocycles. The molecule has 11 heteroatoms. The van der Waals surface area contributed by atoms with Crippen LogP contribution < -0.4 is 5.32 Å². The number of carbonyl (C=O) groups excluding carboxylic acids is 4. The van der Waals surface area contributed by atoms with E-state index in [1.807, 2.05) is 20.8 Å². The number of carboxylic acid groups (broad SMARTS) is 1. The SMILES string of the molecule is CC1(C)CC(C(CC(=O)O)NC(=O)CCC(=O)OCC(=O)[C@@]2(O)CCC3C4CCC5=CC(=O)CC[C@]5(C)C4[C@@H](O)C[C@@]32C)CCO1. The molecule has 1 amide bonds. The lowest BCUT2D eigenvalue weighted by atomic mass is 9.45. The first-order valence-corrected chi connectivity index (χ1v) is 17.0. The number of ether oxygens (including phenoxy) is 2. The number of allylic oxidation sites excluding steroid dienone is 1. The highest BCUT2D eigenvalue weighted by Crippen LogP contribution is 2.67. The van der Waals surface area contributed by atoms with Gasteiger partial charge in [-0.05, 0) is 100 Å². The van der Waals surface area contributed by atoms with Gasteiger partial charge in [0.1, 0.15) is 5.60 Å². The van der Waals surface area contributed by atoms with Crippen molar-refractivity contribution >= 4 is 29.4 Å². The van der Waals surface area contributed by atoms with Crippen molar-refractivity contribution in [2.75, 3.05) is 13.2 Å². The van der Waals surface area contributed by atoms with Crippen molar-refractivity contribution < 1.29 is 48.8 Å². The molecule has 256 valence electrons. The predicted molar refractivity (Wildman–Crippen MR) is 165 cm³/mol. The Morgan fingerprint density at radius 1 is 1.04 bits per heavy atom. The Kier molecular flexibility index (Phi) is 9.63. The lowest BCUT2D eigenvalue weighted by molar-refractivity contribution is -0.184. The van der Waals surface area contributed by atoms with E-state index in [1.165, 1.54) is 0 Å². The number of fused-ring (bicyclic) bond motifs is 5. The van der Waals surface area contributed by atoms with E-state index in [4.69, 9.17) is 9.47 Å². The van der Waals surface area contributed by atoms with Gasteiger partial charge in [0.05, 0.1) is 24.5 Å². The number of hydrogen-bond acceptors (Lipinski definition) is 9. The minimum absolute atomic E-state index is 0.00491. The highest BCUT2D eigenvalue weighted by atomic mass is 16.5. The summed E-state index contributed by atoms with van der Waals surface area (Å²) in [5.41, 5.74) is -2.24. The molecular weight excluding hydrogens is 594 g/mol. The predicted octanol–water partition coefficient (Wildman–Crippen LogP) is 3.28. The number of hydrogen-bond donors (Lipinski definition) is 4. The molecule has 1 saturated heterocycles. The van der Waals surface area contributed by atoms with Crippen molar-refractivity contribution in [3.8, 4) is 0 Å². The van der Waals surface area contributed by atoms with Crippen LogP contribution in [0.1, 0.15) is 105 Å². The first-order valence-electron chi connectivity index (χ1n) is 17.0. The van der Waals surface area contributed by atoms with E-state index >= 15 is 0 Å². The standard InChI is InChI=1S/C35H51NO10/c1-32(2)17-20(11-14-46-32)25(16-29(41)42)36-28(40)7-8-30(43)45-19-27(39)35(44)13-10-24-23-6-5-21-15-22(37)9-12-33(21,3)31(23)26(38)18-34(24,35)4/h15,20,23-26,31,38,44H,5-14,16-19H2,1-4H3,(H,36,40)(H,41,42)/t20?,23?,24?,25?,26-,31?,33-,34-,35-/m0/s1. The van der Waals surface area contributed by atoms with Gasteiger partial charge >= 0.3 is 11.9 Å². The fraction of sp³-hybridized carbons (Fsp3) is 0.800. The third kappa shape index (κ3) is 6.43. The van der Waals surface area contributed by atoms with Crippen LogP contribution in [0.3, 0.4) is 0 Å². The van der Waals surface area contributed by atoms with Gasteiger partial charge in [-0.1, -0.05) is 19.4 Å². The molecule has 0 aromatic carbocycles. The van der Waals surface area contributed by atoms with E-state index in [0.29, 0.717) is 38.7 Å². The first kappa shape index (κ1) is 34.7. The third-order valence-corrected chi connectivity index (χ3v) is 12.5. The number of aliphatic carboxylic acids is 1. The molecule has 4 N–H and O–H groups in total. The van der Waals surface area contributed by atoms with Crippen molar-refractivity contribution in [1.29, 1.82) is 0 Å². The van der Waals surface area contributed by atoms with Crippen LogP contribution in [0.25, 0.3) is 0 Å². The molecule has 0 bridgehead atoms. The largest absolute Gasteiger partial charge is 0.481 e. The second-order valence-corrected chi connectivity index (χ2v) is 15.7. The van der Waals surface area contributed by atoms with Crippen molar-refractivity contribution in [2.45, 2.75) is 128 Å². The summed E-state index contributed by atoms with van der Waals surface area (Å²) in [7, 11) is 0. The van der Waals surface area contributed by atoms with E-state index in [-0.39, 0.29) is 67.0 Å². The maximum absolute atomic E-state index is 13.5. The maximum atomic E-state index is 13.5.